The maximum absolute atomic E-state index is 11.9. The highest BCUT2D eigenvalue weighted by Gasteiger charge is 2.32. The highest BCUT2D eigenvalue weighted by atomic mass is 35.7. The molecule has 304 valence electrons. The van der Waals surface area contributed by atoms with E-state index in [0.29, 0.717) is 25.2 Å². The van der Waals surface area contributed by atoms with Crippen molar-refractivity contribution in [3.05, 3.63) is 12.0 Å². The van der Waals surface area contributed by atoms with Crippen LogP contribution in [0.5, 0.6) is 0 Å². The Morgan fingerprint density at radius 1 is 0.731 bits per heavy atom. The van der Waals surface area contributed by atoms with E-state index >= 15 is 0 Å². The first-order valence-corrected chi connectivity index (χ1v) is 22.9. The fraction of sp³-hybridized carbons (Fsp3) is 0.882. The first-order chi connectivity index (χ1) is 24.1. The summed E-state index contributed by atoms with van der Waals surface area (Å²) in [6.07, 6.45) is 7.73. The van der Waals surface area contributed by atoms with Crippen molar-refractivity contribution in [1.82, 2.24) is 30.1 Å². The van der Waals surface area contributed by atoms with Gasteiger partial charge in [0.25, 0.3) is 0 Å². The summed E-state index contributed by atoms with van der Waals surface area (Å²) >= 11 is 5.02. The third-order valence-corrected chi connectivity index (χ3v) is 12.3. The SMILES string of the molecule is C=CS(=O)(=O)N1CCN(C2CCC(NC(=O)OC(C)(C)C)CC2)CC1.CC(C)(C)OC(=O)NC1CCC(N2CCNCC2)CC1.O=S(=O)(Cl)CCCl. The van der Waals surface area contributed by atoms with Crippen LogP contribution in [0.15, 0.2) is 12.0 Å². The minimum atomic E-state index is -3.33. The predicted octanol–water partition coefficient (Wildman–Crippen LogP) is 4.43. The average molecular weight is 820 g/mol. The lowest BCUT2D eigenvalue weighted by Gasteiger charge is -2.41. The van der Waals surface area contributed by atoms with Crippen molar-refractivity contribution in [2.45, 2.75) is 128 Å². The number of rotatable bonds is 8. The van der Waals surface area contributed by atoms with Gasteiger partial charge in [0.1, 0.15) is 11.2 Å². The maximum Gasteiger partial charge on any atom is 0.407 e. The van der Waals surface area contributed by atoms with E-state index in [2.05, 4.69) is 32.3 Å². The second-order valence-corrected chi connectivity index (χ2v) is 20.8. The number of hydrogen-bond donors (Lipinski definition) is 3. The number of amides is 2. The molecule has 18 heteroatoms. The van der Waals surface area contributed by atoms with Crippen LogP contribution in [-0.2, 0) is 28.5 Å². The molecule has 2 saturated heterocycles. The molecule has 2 heterocycles. The third-order valence-electron chi connectivity index (χ3n) is 9.18. The van der Waals surface area contributed by atoms with E-state index < -0.39 is 30.3 Å². The van der Waals surface area contributed by atoms with E-state index in [1.807, 2.05) is 41.5 Å². The number of nitrogens with zero attached hydrogens (tertiary/aromatic N) is 3. The molecule has 2 amide bonds. The number of halogens is 2. The van der Waals surface area contributed by atoms with Crippen molar-refractivity contribution in [3.63, 3.8) is 0 Å². The number of alkyl carbamates (subject to hydrolysis) is 2. The fourth-order valence-corrected chi connectivity index (χ4v) is 8.83. The molecule has 0 aromatic heterocycles. The van der Waals surface area contributed by atoms with Gasteiger partial charge in [0.2, 0.25) is 19.1 Å². The summed E-state index contributed by atoms with van der Waals surface area (Å²) in [4.78, 5) is 28.6. The molecule has 4 fully saturated rings. The Hall–Kier alpha value is -1.40. The molecular formula is C34H64Cl2N6O8S2. The van der Waals surface area contributed by atoms with Crippen molar-refractivity contribution in [2.75, 3.05) is 64.0 Å². The number of sulfonamides is 1. The Morgan fingerprint density at radius 2 is 1.12 bits per heavy atom. The molecule has 4 rings (SSSR count). The molecule has 52 heavy (non-hydrogen) atoms. The lowest BCUT2D eigenvalue weighted by molar-refractivity contribution is 0.0459. The second kappa shape index (κ2) is 21.6. The third kappa shape index (κ3) is 19.3. The number of ether oxygens (including phenoxy) is 2. The molecule has 14 nitrogen and oxygen atoms in total. The zero-order valence-electron chi connectivity index (χ0n) is 32.0. The van der Waals surface area contributed by atoms with Crippen LogP contribution in [0.25, 0.3) is 0 Å². The van der Waals surface area contributed by atoms with E-state index in [4.69, 9.17) is 31.8 Å². The van der Waals surface area contributed by atoms with E-state index in [-0.39, 0.29) is 35.9 Å². The van der Waals surface area contributed by atoms with E-state index in [9.17, 15) is 26.4 Å². The highest BCUT2D eigenvalue weighted by molar-refractivity contribution is 8.13. The van der Waals surface area contributed by atoms with Crippen LogP contribution in [0, 0.1) is 0 Å². The quantitative estimate of drug-likeness (QED) is 0.234. The molecule has 2 aliphatic heterocycles. The van der Waals surface area contributed by atoms with Crippen LogP contribution in [0.3, 0.4) is 0 Å². The van der Waals surface area contributed by atoms with E-state index in [1.165, 1.54) is 17.1 Å². The summed E-state index contributed by atoms with van der Waals surface area (Å²) < 4.78 is 55.6. The number of carbonyl (C=O) groups is 2. The average Bonchev–Trinajstić information content (AvgIpc) is 3.04. The highest BCUT2D eigenvalue weighted by Crippen LogP contribution is 2.26. The molecule has 0 atom stereocenters. The largest absolute Gasteiger partial charge is 0.444 e. The standard InChI is InChI=1S/C17H31N3O4S.C15H29N3O2.C2H4Cl2O2S/c1-5-25(22,23)20-12-10-19(11-13-20)15-8-6-14(7-9-15)18-16(21)24-17(2,3)4;1-15(2,3)20-14(19)17-12-4-6-13(7-5-12)18-10-8-16-9-11-18;3-1-2-7(4,5)6/h5,14-15H,1,6-13H2,2-4H3,(H,18,21);12-13,16H,4-11H2,1-3H3,(H,17,19);1-2H2. The lowest BCUT2D eigenvalue weighted by Crippen LogP contribution is -2.53. The van der Waals surface area contributed by atoms with Gasteiger partial charge in [-0.15, -0.1) is 11.6 Å². The van der Waals surface area contributed by atoms with Crippen molar-refractivity contribution < 1.29 is 35.9 Å². The van der Waals surface area contributed by atoms with Crippen LogP contribution in [0.1, 0.15) is 92.9 Å². The number of hydrogen-bond acceptors (Lipinski definition) is 11. The molecule has 0 spiro atoms. The number of nitrogens with one attached hydrogen (secondary N) is 3. The minimum absolute atomic E-state index is 0.0613. The Balaban J connectivity index is 0.000000310. The van der Waals surface area contributed by atoms with Gasteiger partial charge < -0.3 is 25.4 Å². The van der Waals surface area contributed by atoms with Crippen LogP contribution in [-0.4, -0.2) is 142 Å². The van der Waals surface area contributed by atoms with Crippen molar-refractivity contribution in [2.24, 2.45) is 0 Å². The maximum atomic E-state index is 11.9. The molecule has 0 aromatic rings. The summed E-state index contributed by atoms with van der Waals surface area (Å²) in [5.41, 5.74) is -0.894. The molecule has 2 saturated carbocycles. The van der Waals surface area contributed by atoms with Crippen LogP contribution >= 0.6 is 22.3 Å². The van der Waals surface area contributed by atoms with Crippen LogP contribution < -0.4 is 16.0 Å². The number of piperazine rings is 2. The van der Waals surface area contributed by atoms with Gasteiger partial charge in [-0.25, -0.2) is 26.4 Å². The monoisotopic (exact) mass is 818 g/mol. The van der Waals surface area contributed by atoms with E-state index in [1.54, 1.807) is 0 Å². The summed E-state index contributed by atoms with van der Waals surface area (Å²) in [6, 6.07) is 1.61. The van der Waals surface area contributed by atoms with Crippen LogP contribution in [0.4, 0.5) is 9.59 Å². The molecule has 0 radical (unpaired) electrons. The first-order valence-electron chi connectivity index (χ1n) is 18.4. The van der Waals surface area contributed by atoms with Crippen molar-refractivity contribution >= 4 is 53.5 Å². The zero-order valence-corrected chi connectivity index (χ0v) is 35.1. The van der Waals surface area contributed by atoms with Crippen molar-refractivity contribution in [1.29, 1.82) is 0 Å². The molecule has 4 aliphatic rings. The Bertz CT molecular complexity index is 1310. The van der Waals surface area contributed by atoms with E-state index in [0.717, 1.165) is 83.2 Å². The molecule has 3 N–H and O–H groups in total. The lowest BCUT2D eigenvalue weighted by atomic mass is 9.90. The smallest absolute Gasteiger partial charge is 0.407 e. The zero-order chi connectivity index (χ0) is 39.2. The molecular weight excluding hydrogens is 755 g/mol. The van der Waals surface area contributed by atoms with Gasteiger partial charge in [-0.1, -0.05) is 6.58 Å². The predicted molar refractivity (Wildman–Crippen MR) is 208 cm³/mol. The van der Waals surface area contributed by atoms with Gasteiger partial charge in [0, 0.05) is 98.5 Å². The Labute approximate surface area is 322 Å². The van der Waals surface area contributed by atoms with Gasteiger partial charge in [0.05, 0.1) is 5.75 Å². The molecule has 0 unspecified atom stereocenters. The van der Waals surface area contributed by atoms with Gasteiger partial charge in [-0.3, -0.25) is 9.80 Å². The fourth-order valence-electron chi connectivity index (χ4n) is 6.69. The van der Waals surface area contributed by atoms with Gasteiger partial charge in [0.15, 0.2) is 0 Å². The summed E-state index contributed by atoms with van der Waals surface area (Å²) in [6.45, 7) is 21.7. The van der Waals surface area contributed by atoms with Gasteiger partial charge >= 0.3 is 12.2 Å². The summed E-state index contributed by atoms with van der Waals surface area (Å²) in [5, 5.41) is 10.4. The molecule has 0 bridgehead atoms. The molecule has 2 aliphatic carbocycles. The summed E-state index contributed by atoms with van der Waals surface area (Å²) in [5.74, 6) is -0.0953. The topological polar surface area (TPSA) is 167 Å². The van der Waals surface area contributed by atoms with Crippen molar-refractivity contribution in [3.8, 4) is 0 Å². The Kier molecular flexibility index (Phi) is 19.4. The normalized spacial score (nSPS) is 25.6. The Morgan fingerprint density at radius 3 is 1.42 bits per heavy atom. The number of alkyl halides is 1. The van der Waals surface area contributed by atoms with Gasteiger partial charge in [-0.2, -0.15) is 4.31 Å². The first kappa shape index (κ1) is 46.8. The number of carbonyl (C=O) groups excluding carboxylic acids is 2. The summed E-state index contributed by atoms with van der Waals surface area (Å²) in [7, 11) is -1.92. The van der Waals surface area contributed by atoms with Gasteiger partial charge in [-0.05, 0) is 92.9 Å². The minimum Gasteiger partial charge on any atom is -0.444 e. The molecule has 0 aromatic carbocycles. The second-order valence-electron chi connectivity index (χ2n) is 15.7. The van der Waals surface area contributed by atoms with Crippen LogP contribution in [0.2, 0.25) is 0 Å².